The third-order valence-electron chi connectivity index (χ3n) is 5.84. The highest BCUT2D eigenvalue weighted by atomic mass is 19.1. The van der Waals surface area contributed by atoms with Gasteiger partial charge in [-0.15, -0.1) is 0 Å². The summed E-state index contributed by atoms with van der Waals surface area (Å²) in [4.78, 5) is 23.7. The van der Waals surface area contributed by atoms with E-state index in [1.807, 2.05) is 0 Å². The van der Waals surface area contributed by atoms with Crippen molar-refractivity contribution in [2.45, 2.75) is 0 Å². The van der Waals surface area contributed by atoms with Gasteiger partial charge in [0, 0.05) is 12.1 Å². The number of imidazole rings is 2. The van der Waals surface area contributed by atoms with Crippen LogP contribution in [0, 0.1) is 11.6 Å². The van der Waals surface area contributed by atoms with Gasteiger partial charge in [0.05, 0.1) is 47.7 Å². The third kappa shape index (κ3) is 5.68. The molecule has 0 aliphatic carbocycles. The van der Waals surface area contributed by atoms with Gasteiger partial charge in [0.25, 0.3) is 0 Å². The maximum Gasteiger partial charge on any atom is 0.157 e. The molecule has 196 valence electrons. The summed E-state index contributed by atoms with van der Waals surface area (Å²) in [6, 6.07) is 15.9. The van der Waals surface area contributed by atoms with Gasteiger partial charge < -0.3 is 24.2 Å². The molecule has 0 aliphatic heterocycles. The molecule has 11 heteroatoms. The average Bonchev–Trinajstić information content (AvgIpc) is 3.57. The molecule has 0 radical (unpaired) electrons. The van der Waals surface area contributed by atoms with Crippen LogP contribution in [0.4, 0.5) is 8.78 Å². The summed E-state index contributed by atoms with van der Waals surface area (Å²) in [5.41, 5.74) is 3.82. The van der Waals surface area contributed by atoms with Gasteiger partial charge in [0.15, 0.2) is 11.6 Å². The van der Waals surface area contributed by atoms with Gasteiger partial charge >= 0.3 is 0 Å². The first kappa shape index (κ1) is 24.4. The number of hydrogen-bond acceptors (Lipinski definition) is 7. The number of aromatic nitrogens is 6. The minimum atomic E-state index is -0.336. The van der Waals surface area contributed by atoms with E-state index in [9.17, 15) is 8.78 Å². The molecule has 0 unspecified atom stereocenters. The number of hydrogen-bond donors (Lipinski definition) is 2. The second-order valence-corrected chi connectivity index (χ2v) is 8.56. The fraction of sp³-hybridized carbons (Fsp3) is 0.143. The first-order valence-corrected chi connectivity index (χ1v) is 12.2. The van der Waals surface area contributed by atoms with Gasteiger partial charge in [-0.25, -0.2) is 28.7 Å². The van der Waals surface area contributed by atoms with Crippen LogP contribution in [0.5, 0.6) is 11.5 Å². The highest BCUT2D eigenvalue weighted by Gasteiger charge is 2.09. The molecule has 4 aromatic heterocycles. The number of benzene rings is 2. The van der Waals surface area contributed by atoms with Crippen LogP contribution in [0.2, 0.25) is 0 Å². The zero-order chi connectivity index (χ0) is 26.6. The maximum absolute atomic E-state index is 13.4. The fourth-order valence-electron chi connectivity index (χ4n) is 3.95. The Kier molecular flexibility index (Phi) is 6.79. The van der Waals surface area contributed by atoms with Crippen molar-refractivity contribution < 1.29 is 23.0 Å². The zero-order valence-corrected chi connectivity index (χ0v) is 20.5. The van der Waals surface area contributed by atoms with Crippen LogP contribution in [0.25, 0.3) is 45.1 Å². The van der Waals surface area contributed by atoms with Crippen LogP contribution in [0.15, 0.2) is 73.1 Å². The Morgan fingerprint density at radius 2 is 1.08 bits per heavy atom. The summed E-state index contributed by atoms with van der Waals surface area (Å²) in [5, 5.41) is 0. The molecule has 0 fully saturated rings. The van der Waals surface area contributed by atoms with E-state index in [1.54, 1.807) is 48.8 Å². The monoisotopic (exact) mass is 528 g/mol. The van der Waals surface area contributed by atoms with Crippen molar-refractivity contribution in [3.8, 4) is 34.5 Å². The third-order valence-corrected chi connectivity index (χ3v) is 5.84. The van der Waals surface area contributed by atoms with E-state index < -0.39 is 0 Å². The molecule has 6 aromatic rings. The van der Waals surface area contributed by atoms with Crippen molar-refractivity contribution >= 4 is 22.1 Å². The van der Waals surface area contributed by atoms with Crippen LogP contribution < -0.4 is 9.47 Å². The van der Waals surface area contributed by atoms with Crippen LogP contribution in [-0.4, -0.2) is 56.3 Å². The van der Waals surface area contributed by atoms with Crippen molar-refractivity contribution in [1.82, 2.24) is 29.9 Å². The maximum atomic E-state index is 13.4. The Labute approximate surface area is 220 Å². The highest BCUT2D eigenvalue weighted by Crippen LogP contribution is 2.22. The van der Waals surface area contributed by atoms with E-state index in [1.165, 1.54) is 24.3 Å². The summed E-state index contributed by atoms with van der Waals surface area (Å²) >= 11 is 0. The second-order valence-electron chi connectivity index (χ2n) is 8.56. The molecular weight excluding hydrogens is 506 g/mol. The lowest BCUT2D eigenvalue weighted by atomic mass is 10.3. The molecule has 0 spiro atoms. The van der Waals surface area contributed by atoms with Crippen LogP contribution in [0.1, 0.15) is 0 Å². The SMILES string of the molecule is Fc1ccc2[nH]c(-c3ccc(OCCOCCOc4ccc(-c5nc6cc(F)ccc6[nH]5)nc4)cn3)nc2c1. The number of fused-ring (bicyclic) bond motifs is 2. The molecule has 39 heavy (non-hydrogen) atoms. The number of pyridine rings is 2. The van der Waals surface area contributed by atoms with Gasteiger partial charge in [0.2, 0.25) is 0 Å². The lowest BCUT2D eigenvalue weighted by molar-refractivity contribution is 0.0762. The molecule has 0 atom stereocenters. The van der Waals surface area contributed by atoms with Crippen molar-refractivity contribution in [2.24, 2.45) is 0 Å². The number of aromatic amines is 2. The topological polar surface area (TPSA) is 111 Å². The van der Waals surface area contributed by atoms with Crippen LogP contribution >= 0.6 is 0 Å². The Morgan fingerprint density at radius 1 is 0.590 bits per heavy atom. The van der Waals surface area contributed by atoms with Gasteiger partial charge in [-0.3, -0.25) is 0 Å². The molecule has 0 aliphatic rings. The smallest absolute Gasteiger partial charge is 0.157 e. The second kappa shape index (κ2) is 10.8. The van der Waals surface area contributed by atoms with Crippen molar-refractivity contribution in [1.29, 1.82) is 0 Å². The largest absolute Gasteiger partial charge is 0.490 e. The lowest BCUT2D eigenvalue weighted by Gasteiger charge is -2.09. The lowest BCUT2D eigenvalue weighted by Crippen LogP contribution is -2.12. The van der Waals surface area contributed by atoms with E-state index in [0.717, 1.165) is 11.0 Å². The first-order valence-electron chi connectivity index (χ1n) is 12.2. The van der Waals surface area contributed by atoms with Crippen LogP contribution in [-0.2, 0) is 4.74 Å². The van der Waals surface area contributed by atoms with Crippen molar-refractivity contribution in [3.63, 3.8) is 0 Å². The van der Waals surface area contributed by atoms with E-state index in [-0.39, 0.29) is 11.6 Å². The summed E-state index contributed by atoms with van der Waals surface area (Å²) < 4.78 is 43.7. The van der Waals surface area contributed by atoms with Crippen molar-refractivity contribution in [2.75, 3.05) is 26.4 Å². The molecule has 2 aromatic carbocycles. The van der Waals surface area contributed by atoms with Gasteiger partial charge in [0.1, 0.15) is 47.7 Å². The molecule has 4 heterocycles. The summed E-state index contributed by atoms with van der Waals surface area (Å²) in [5.74, 6) is 1.64. The number of halogens is 2. The average molecular weight is 529 g/mol. The van der Waals surface area contributed by atoms with E-state index in [4.69, 9.17) is 14.2 Å². The van der Waals surface area contributed by atoms with Crippen molar-refractivity contribution in [3.05, 3.63) is 84.7 Å². The molecule has 0 bridgehead atoms. The quantitative estimate of drug-likeness (QED) is 0.232. The number of nitrogens with one attached hydrogen (secondary N) is 2. The normalized spacial score (nSPS) is 11.3. The molecule has 0 amide bonds. The molecular formula is C28H22F2N6O3. The number of ether oxygens (including phenoxy) is 3. The molecule has 0 saturated carbocycles. The molecule has 0 saturated heterocycles. The first-order chi connectivity index (χ1) is 19.1. The van der Waals surface area contributed by atoms with E-state index in [0.29, 0.717) is 72.0 Å². The fourth-order valence-corrected chi connectivity index (χ4v) is 3.95. The number of nitrogens with zero attached hydrogens (tertiary/aromatic N) is 4. The summed E-state index contributed by atoms with van der Waals surface area (Å²) in [6.45, 7) is 1.46. The van der Waals surface area contributed by atoms with E-state index >= 15 is 0 Å². The standard InChI is InChI=1S/C28H22F2N6O3/c29-17-1-5-21-25(13-17)35-27(33-21)23-7-3-19(15-31-23)38-11-9-37-10-12-39-20-4-8-24(32-16-20)28-34-22-6-2-18(30)14-26(22)36-28/h1-8,13-16H,9-12H2,(H,33,35)(H,34,36). The minimum absolute atomic E-state index is 0.336. The Hall–Kier alpha value is -4.90. The van der Waals surface area contributed by atoms with Crippen LogP contribution in [0.3, 0.4) is 0 Å². The molecule has 2 N–H and O–H groups in total. The number of H-pyrrole nitrogens is 2. The Balaban J connectivity index is 0.913. The molecule has 9 nitrogen and oxygen atoms in total. The summed E-state index contributed by atoms with van der Waals surface area (Å²) in [6.07, 6.45) is 3.21. The predicted molar refractivity (Wildman–Crippen MR) is 140 cm³/mol. The van der Waals surface area contributed by atoms with Gasteiger partial charge in [-0.1, -0.05) is 0 Å². The van der Waals surface area contributed by atoms with Gasteiger partial charge in [-0.2, -0.15) is 0 Å². The zero-order valence-electron chi connectivity index (χ0n) is 20.5. The Bertz CT molecular complexity index is 1590. The van der Waals surface area contributed by atoms with E-state index in [2.05, 4.69) is 29.9 Å². The Morgan fingerprint density at radius 3 is 1.51 bits per heavy atom. The molecule has 6 rings (SSSR count). The minimum Gasteiger partial charge on any atom is -0.490 e. The highest BCUT2D eigenvalue weighted by molar-refractivity contribution is 5.79. The van der Waals surface area contributed by atoms with Gasteiger partial charge in [-0.05, 0) is 48.5 Å². The summed E-state index contributed by atoms with van der Waals surface area (Å²) in [7, 11) is 0. The predicted octanol–water partition coefficient (Wildman–Crippen LogP) is 5.32. The number of rotatable bonds is 10.